The van der Waals surface area contributed by atoms with Gasteiger partial charge in [0.1, 0.15) is 12.4 Å². The van der Waals surface area contributed by atoms with Crippen molar-refractivity contribution >= 4 is 18.0 Å². The second kappa shape index (κ2) is 8.48. The van der Waals surface area contributed by atoms with Crippen molar-refractivity contribution in [1.82, 2.24) is 14.9 Å². The van der Waals surface area contributed by atoms with Crippen molar-refractivity contribution in [2.45, 2.75) is 25.1 Å². The van der Waals surface area contributed by atoms with Crippen LogP contribution in [0.5, 0.6) is 5.75 Å². The first-order valence-electron chi connectivity index (χ1n) is 8.09. The van der Waals surface area contributed by atoms with Crippen molar-refractivity contribution < 1.29 is 4.74 Å². The van der Waals surface area contributed by atoms with Crippen LogP contribution in [-0.4, -0.2) is 27.3 Å². The molecule has 0 bridgehead atoms. The number of aryl methyl sites for hydroxylation is 1. The van der Waals surface area contributed by atoms with Gasteiger partial charge in [0.25, 0.3) is 0 Å². The lowest BCUT2D eigenvalue weighted by Crippen LogP contribution is -2.04. The molecule has 3 rings (SSSR count). The van der Waals surface area contributed by atoms with E-state index in [9.17, 15) is 0 Å². The Balaban J connectivity index is 1.77. The van der Waals surface area contributed by atoms with Crippen molar-refractivity contribution in [1.29, 1.82) is 0 Å². The van der Waals surface area contributed by atoms with Crippen LogP contribution in [0, 0.1) is 0 Å². The monoisotopic (exact) mass is 352 g/mol. The topological polar surface area (TPSA) is 52.3 Å². The molecule has 128 valence electrons. The summed E-state index contributed by atoms with van der Waals surface area (Å²) in [6, 6.07) is 18.0. The lowest BCUT2D eigenvalue weighted by Gasteiger charge is -2.06. The average molecular weight is 352 g/mol. The predicted molar refractivity (Wildman–Crippen MR) is 101 cm³/mol. The predicted octanol–water partition coefficient (Wildman–Crippen LogP) is 4.02. The van der Waals surface area contributed by atoms with Gasteiger partial charge in [0, 0.05) is 0 Å². The molecule has 0 aliphatic heterocycles. The van der Waals surface area contributed by atoms with E-state index in [0.29, 0.717) is 12.4 Å². The molecule has 1 aromatic heterocycles. The zero-order chi connectivity index (χ0) is 17.5. The van der Waals surface area contributed by atoms with Gasteiger partial charge in [0.05, 0.1) is 6.21 Å². The Labute approximate surface area is 151 Å². The number of rotatable bonds is 7. The molecular formula is C19H20N4OS. The van der Waals surface area contributed by atoms with Crippen LogP contribution in [-0.2, 0) is 13.0 Å². The number of nitrogens with zero attached hydrogens (tertiary/aromatic N) is 4. The van der Waals surface area contributed by atoms with Gasteiger partial charge in [-0.2, -0.15) is 9.78 Å². The molecule has 2 aromatic carbocycles. The number of hydrogen-bond acceptors (Lipinski definition) is 5. The van der Waals surface area contributed by atoms with E-state index in [1.807, 2.05) is 42.8 Å². The van der Waals surface area contributed by atoms with Gasteiger partial charge in [0.15, 0.2) is 5.82 Å². The van der Waals surface area contributed by atoms with Gasteiger partial charge in [-0.3, -0.25) is 0 Å². The molecule has 0 aliphatic carbocycles. The summed E-state index contributed by atoms with van der Waals surface area (Å²) in [5.41, 5.74) is 2.34. The molecule has 0 aliphatic rings. The molecule has 0 spiro atoms. The Morgan fingerprint density at radius 2 is 1.84 bits per heavy atom. The van der Waals surface area contributed by atoms with Gasteiger partial charge >= 0.3 is 0 Å². The Kier molecular flexibility index (Phi) is 5.85. The zero-order valence-electron chi connectivity index (χ0n) is 14.3. The molecule has 25 heavy (non-hydrogen) atoms. The molecule has 0 saturated heterocycles. The second-order valence-corrected chi connectivity index (χ2v) is 6.13. The summed E-state index contributed by atoms with van der Waals surface area (Å²) in [7, 11) is 0. The molecule has 0 saturated carbocycles. The largest absolute Gasteiger partial charge is 0.486 e. The molecule has 0 unspecified atom stereocenters. The summed E-state index contributed by atoms with van der Waals surface area (Å²) in [6.07, 6.45) is 4.79. The fraction of sp³-hybridized carbons (Fsp3) is 0.211. The molecule has 0 atom stereocenters. The minimum absolute atomic E-state index is 0.309. The van der Waals surface area contributed by atoms with Crippen molar-refractivity contribution in [3.8, 4) is 5.75 Å². The maximum atomic E-state index is 5.77. The SMILES string of the molecule is CCc1ccc(/C=N\n2c(COc3ccccc3)nnc2SC)cc1. The summed E-state index contributed by atoms with van der Waals surface area (Å²) in [4.78, 5) is 0. The maximum absolute atomic E-state index is 5.77. The van der Waals surface area contributed by atoms with Crippen LogP contribution >= 0.6 is 11.8 Å². The Bertz CT molecular complexity index is 828. The highest BCUT2D eigenvalue weighted by atomic mass is 32.2. The fourth-order valence-electron chi connectivity index (χ4n) is 2.26. The van der Waals surface area contributed by atoms with Crippen LogP contribution in [0.15, 0.2) is 64.9 Å². The quantitative estimate of drug-likeness (QED) is 0.476. The molecule has 6 heteroatoms. The number of ether oxygens (including phenoxy) is 1. The second-order valence-electron chi connectivity index (χ2n) is 5.36. The Hall–Kier alpha value is -2.60. The molecule has 0 radical (unpaired) electrons. The third-order valence-electron chi connectivity index (χ3n) is 3.68. The van der Waals surface area contributed by atoms with Gasteiger partial charge in [-0.15, -0.1) is 10.2 Å². The third-order valence-corrected chi connectivity index (χ3v) is 4.30. The summed E-state index contributed by atoms with van der Waals surface area (Å²) in [5, 5.41) is 13.6. The van der Waals surface area contributed by atoms with E-state index in [1.165, 1.54) is 17.3 Å². The first kappa shape index (κ1) is 17.2. The van der Waals surface area contributed by atoms with E-state index < -0.39 is 0 Å². The van der Waals surface area contributed by atoms with Crippen LogP contribution in [0.25, 0.3) is 0 Å². The van der Waals surface area contributed by atoms with Crippen molar-refractivity contribution in [3.05, 3.63) is 71.5 Å². The zero-order valence-corrected chi connectivity index (χ0v) is 15.1. The molecular weight excluding hydrogens is 332 g/mol. The molecule has 3 aromatic rings. The fourth-order valence-corrected chi connectivity index (χ4v) is 2.71. The minimum atomic E-state index is 0.309. The molecule has 0 amide bonds. The van der Waals surface area contributed by atoms with Gasteiger partial charge in [-0.1, -0.05) is 61.2 Å². The van der Waals surface area contributed by atoms with Crippen LogP contribution in [0.1, 0.15) is 23.9 Å². The average Bonchev–Trinajstić information content (AvgIpc) is 3.08. The Morgan fingerprint density at radius 3 is 2.52 bits per heavy atom. The van der Waals surface area contributed by atoms with E-state index in [-0.39, 0.29) is 0 Å². The standard InChI is InChI=1S/C19H20N4OS/c1-3-15-9-11-16(12-10-15)13-20-23-18(21-22-19(23)25-2)14-24-17-7-5-4-6-8-17/h4-13H,3,14H2,1-2H3/b20-13-. The molecule has 0 fully saturated rings. The number of thioether (sulfide) groups is 1. The van der Waals surface area contributed by atoms with Crippen LogP contribution in [0.3, 0.4) is 0 Å². The van der Waals surface area contributed by atoms with Crippen molar-refractivity contribution in [3.63, 3.8) is 0 Å². The van der Waals surface area contributed by atoms with Gasteiger partial charge in [0.2, 0.25) is 5.16 Å². The smallest absolute Gasteiger partial charge is 0.211 e. The lowest BCUT2D eigenvalue weighted by molar-refractivity contribution is 0.290. The van der Waals surface area contributed by atoms with Crippen molar-refractivity contribution in [2.75, 3.05) is 6.26 Å². The number of aromatic nitrogens is 3. The van der Waals surface area contributed by atoms with Gasteiger partial charge in [-0.05, 0) is 35.9 Å². The van der Waals surface area contributed by atoms with Crippen LogP contribution in [0.4, 0.5) is 0 Å². The van der Waals surface area contributed by atoms with Crippen LogP contribution in [0.2, 0.25) is 0 Å². The highest BCUT2D eigenvalue weighted by Gasteiger charge is 2.11. The maximum Gasteiger partial charge on any atom is 0.211 e. The normalized spacial score (nSPS) is 11.1. The molecule has 1 heterocycles. The first-order valence-corrected chi connectivity index (χ1v) is 9.32. The van der Waals surface area contributed by atoms with Crippen LogP contribution < -0.4 is 4.74 Å². The minimum Gasteiger partial charge on any atom is -0.486 e. The first-order chi connectivity index (χ1) is 12.3. The Morgan fingerprint density at radius 1 is 1.08 bits per heavy atom. The number of hydrogen-bond donors (Lipinski definition) is 0. The summed E-state index contributed by atoms with van der Waals surface area (Å²) >= 11 is 1.50. The van der Waals surface area contributed by atoms with Gasteiger partial charge in [-0.25, -0.2) is 0 Å². The van der Waals surface area contributed by atoms with E-state index in [2.05, 4.69) is 46.5 Å². The third kappa shape index (κ3) is 4.48. The van der Waals surface area contributed by atoms with E-state index in [1.54, 1.807) is 4.68 Å². The van der Waals surface area contributed by atoms with E-state index in [4.69, 9.17) is 4.74 Å². The highest BCUT2D eigenvalue weighted by molar-refractivity contribution is 7.98. The summed E-state index contributed by atoms with van der Waals surface area (Å²) < 4.78 is 7.49. The summed E-state index contributed by atoms with van der Waals surface area (Å²) in [5.74, 6) is 1.46. The molecule has 5 nitrogen and oxygen atoms in total. The lowest BCUT2D eigenvalue weighted by atomic mass is 10.1. The number of benzene rings is 2. The number of para-hydroxylation sites is 1. The highest BCUT2D eigenvalue weighted by Crippen LogP contribution is 2.16. The van der Waals surface area contributed by atoms with E-state index >= 15 is 0 Å². The summed E-state index contributed by atoms with van der Waals surface area (Å²) in [6.45, 7) is 2.45. The van der Waals surface area contributed by atoms with Crippen molar-refractivity contribution in [2.24, 2.45) is 5.10 Å². The van der Waals surface area contributed by atoms with Gasteiger partial charge < -0.3 is 4.74 Å². The molecule has 0 N–H and O–H groups in total. The van der Waals surface area contributed by atoms with E-state index in [0.717, 1.165) is 22.9 Å².